The summed E-state index contributed by atoms with van der Waals surface area (Å²) in [5.41, 5.74) is 1.63. The largest absolute Gasteiger partial charge is 0.321 e. The van der Waals surface area contributed by atoms with E-state index in [2.05, 4.69) is 5.32 Å². The van der Waals surface area contributed by atoms with Gasteiger partial charge in [-0.1, -0.05) is 29.8 Å². The van der Waals surface area contributed by atoms with Gasteiger partial charge in [0.15, 0.2) is 0 Å². The Kier molecular flexibility index (Phi) is 1.78. The summed E-state index contributed by atoms with van der Waals surface area (Å²) in [6.07, 6.45) is 0. The Labute approximate surface area is 108 Å². The van der Waals surface area contributed by atoms with E-state index >= 15 is 0 Å². The molecule has 4 rings (SSSR count). The van der Waals surface area contributed by atoms with Gasteiger partial charge in [0.1, 0.15) is 0 Å². The summed E-state index contributed by atoms with van der Waals surface area (Å²) in [6.45, 7) is 0. The summed E-state index contributed by atoms with van der Waals surface area (Å²) < 4.78 is 0. The summed E-state index contributed by atoms with van der Waals surface area (Å²) in [4.78, 5) is 11.9. The molecule has 18 heavy (non-hydrogen) atoms. The Bertz CT molecular complexity index is 839. The molecule has 0 unspecified atom stereocenters. The molecule has 2 nitrogen and oxygen atoms in total. The third-order valence-electron chi connectivity index (χ3n) is 3.43. The Balaban J connectivity index is 2.33. The third kappa shape index (κ3) is 1.16. The van der Waals surface area contributed by atoms with Crippen molar-refractivity contribution in [2.75, 3.05) is 5.32 Å². The lowest BCUT2D eigenvalue weighted by molar-refractivity contribution is 0.103. The molecule has 3 aromatic rings. The smallest absolute Gasteiger partial charge is 0.256 e. The van der Waals surface area contributed by atoms with Crippen LogP contribution in [0.1, 0.15) is 10.4 Å². The van der Waals surface area contributed by atoms with Crippen molar-refractivity contribution in [3.8, 4) is 0 Å². The molecule has 1 aliphatic rings. The number of fused-ring (bicyclic) bond motifs is 2. The molecule has 0 radical (unpaired) electrons. The Hall–Kier alpha value is -2.06. The van der Waals surface area contributed by atoms with Crippen LogP contribution in [0.5, 0.6) is 0 Å². The number of carbonyl (C=O) groups excluding carboxylic acids is 1. The summed E-state index contributed by atoms with van der Waals surface area (Å²) in [7, 11) is 0. The van der Waals surface area contributed by atoms with E-state index in [-0.39, 0.29) is 5.91 Å². The van der Waals surface area contributed by atoms with E-state index in [0.29, 0.717) is 5.02 Å². The second-order valence-corrected chi connectivity index (χ2v) is 4.91. The Morgan fingerprint density at radius 2 is 1.89 bits per heavy atom. The lowest BCUT2D eigenvalue weighted by atomic mass is 9.98. The molecule has 3 aromatic carbocycles. The molecule has 0 aromatic heterocycles. The number of anilines is 1. The molecule has 86 valence electrons. The number of hydrogen-bond donors (Lipinski definition) is 1. The van der Waals surface area contributed by atoms with Crippen LogP contribution in [0, 0.1) is 0 Å². The molecule has 0 saturated carbocycles. The van der Waals surface area contributed by atoms with Crippen LogP contribution in [-0.2, 0) is 0 Å². The molecule has 0 saturated heterocycles. The number of hydrogen-bond acceptors (Lipinski definition) is 1. The van der Waals surface area contributed by atoms with Crippen molar-refractivity contribution in [1.29, 1.82) is 0 Å². The molecule has 1 amide bonds. The highest BCUT2D eigenvalue weighted by molar-refractivity contribution is 6.33. The molecule has 1 N–H and O–H groups in total. The van der Waals surface area contributed by atoms with Crippen LogP contribution >= 0.6 is 11.6 Å². The maximum atomic E-state index is 11.9. The minimum atomic E-state index is -0.0296. The van der Waals surface area contributed by atoms with Crippen LogP contribution in [-0.4, -0.2) is 5.91 Å². The van der Waals surface area contributed by atoms with Crippen LogP contribution in [0.2, 0.25) is 5.02 Å². The first-order valence-corrected chi connectivity index (χ1v) is 6.08. The van der Waals surface area contributed by atoms with Crippen molar-refractivity contribution >= 4 is 44.7 Å². The van der Waals surface area contributed by atoms with E-state index in [1.54, 1.807) is 0 Å². The predicted molar refractivity (Wildman–Crippen MR) is 74.4 cm³/mol. The summed E-state index contributed by atoms with van der Waals surface area (Å²) in [6, 6.07) is 13.6. The lowest BCUT2D eigenvalue weighted by Crippen LogP contribution is -2.03. The van der Waals surface area contributed by atoms with Crippen LogP contribution in [0.15, 0.2) is 42.5 Å². The lowest BCUT2D eigenvalue weighted by Gasteiger charge is -2.05. The molecular weight excluding hydrogens is 246 g/mol. The quantitative estimate of drug-likeness (QED) is 0.598. The van der Waals surface area contributed by atoms with Gasteiger partial charge in [0.25, 0.3) is 5.91 Å². The first kappa shape index (κ1) is 9.92. The van der Waals surface area contributed by atoms with Crippen molar-refractivity contribution in [1.82, 2.24) is 0 Å². The highest BCUT2D eigenvalue weighted by atomic mass is 35.5. The molecule has 1 heterocycles. The van der Waals surface area contributed by atoms with Crippen molar-refractivity contribution < 1.29 is 4.79 Å². The maximum absolute atomic E-state index is 11.9. The number of halogens is 1. The predicted octanol–water partition coefficient (Wildman–Crippen LogP) is 4.21. The zero-order valence-corrected chi connectivity index (χ0v) is 10.1. The summed E-state index contributed by atoms with van der Waals surface area (Å²) in [5.74, 6) is -0.0296. The monoisotopic (exact) mass is 253 g/mol. The van der Waals surface area contributed by atoms with Crippen molar-refractivity contribution in [3.63, 3.8) is 0 Å². The number of nitrogens with one attached hydrogen (secondary N) is 1. The highest BCUT2D eigenvalue weighted by Gasteiger charge is 2.22. The van der Waals surface area contributed by atoms with E-state index in [9.17, 15) is 4.79 Å². The van der Waals surface area contributed by atoms with Gasteiger partial charge >= 0.3 is 0 Å². The van der Waals surface area contributed by atoms with Crippen molar-refractivity contribution in [2.24, 2.45) is 0 Å². The van der Waals surface area contributed by atoms with Gasteiger partial charge in [0, 0.05) is 16.1 Å². The van der Waals surface area contributed by atoms with Crippen LogP contribution in [0.4, 0.5) is 5.69 Å². The Morgan fingerprint density at radius 1 is 1.00 bits per heavy atom. The zero-order chi connectivity index (χ0) is 12.3. The van der Waals surface area contributed by atoms with Gasteiger partial charge in [0.05, 0.1) is 5.56 Å². The van der Waals surface area contributed by atoms with Crippen LogP contribution < -0.4 is 5.32 Å². The molecule has 0 atom stereocenters. The molecular formula is C15H8ClNO. The molecule has 3 heteroatoms. The first-order valence-electron chi connectivity index (χ1n) is 5.70. The molecule has 0 aliphatic carbocycles. The standard InChI is InChI=1S/C15H8ClNO/c16-9-5-4-8-6-12-14-10(11(8)7-9)2-1-3-13(14)17-15(12)18/h1-7H,(H,17,18). The van der Waals surface area contributed by atoms with Crippen molar-refractivity contribution in [2.45, 2.75) is 0 Å². The fourth-order valence-corrected chi connectivity index (χ4v) is 2.83. The maximum Gasteiger partial charge on any atom is 0.256 e. The average Bonchev–Trinajstić information content (AvgIpc) is 2.69. The summed E-state index contributed by atoms with van der Waals surface area (Å²) in [5, 5.41) is 7.79. The van der Waals surface area contributed by atoms with Gasteiger partial charge < -0.3 is 5.32 Å². The van der Waals surface area contributed by atoms with Crippen LogP contribution in [0.3, 0.4) is 0 Å². The fourth-order valence-electron chi connectivity index (χ4n) is 2.66. The normalized spacial score (nSPS) is 13.3. The van der Waals surface area contributed by atoms with Crippen LogP contribution in [0.25, 0.3) is 21.5 Å². The second-order valence-electron chi connectivity index (χ2n) is 4.47. The van der Waals surface area contributed by atoms with Gasteiger partial charge in [0.2, 0.25) is 0 Å². The molecule has 0 bridgehead atoms. The molecule has 1 aliphatic heterocycles. The van der Waals surface area contributed by atoms with E-state index < -0.39 is 0 Å². The van der Waals surface area contributed by atoms with E-state index in [1.807, 2.05) is 42.5 Å². The van der Waals surface area contributed by atoms with E-state index in [1.165, 1.54) is 0 Å². The van der Waals surface area contributed by atoms with Gasteiger partial charge in [-0.3, -0.25) is 4.79 Å². The van der Waals surface area contributed by atoms with Crippen molar-refractivity contribution in [3.05, 3.63) is 53.1 Å². The zero-order valence-electron chi connectivity index (χ0n) is 9.33. The number of amides is 1. The number of carbonyl (C=O) groups is 1. The SMILES string of the molecule is O=C1Nc2cccc3c2c1cc1ccc(Cl)cc13. The molecule has 0 fully saturated rings. The third-order valence-corrected chi connectivity index (χ3v) is 3.67. The minimum absolute atomic E-state index is 0.0296. The van der Waals surface area contributed by atoms with Gasteiger partial charge in [-0.25, -0.2) is 0 Å². The van der Waals surface area contributed by atoms with E-state index in [0.717, 1.165) is 32.8 Å². The first-order chi connectivity index (χ1) is 8.74. The second kappa shape index (κ2) is 3.24. The topological polar surface area (TPSA) is 29.1 Å². The minimum Gasteiger partial charge on any atom is -0.321 e. The number of rotatable bonds is 0. The Morgan fingerprint density at radius 3 is 2.78 bits per heavy atom. The van der Waals surface area contributed by atoms with Gasteiger partial charge in [-0.05, 0) is 40.4 Å². The fraction of sp³-hybridized carbons (Fsp3) is 0. The number of benzene rings is 3. The highest BCUT2D eigenvalue weighted by Crippen LogP contribution is 2.38. The average molecular weight is 254 g/mol. The van der Waals surface area contributed by atoms with Gasteiger partial charge in [-0.15, -0.1) is 0 Å². The molecule has 0 spiro atoms. The summed E-state index contributed by atoms with van der Waals surface area (Å²) >= 11 is 6.06. The van der Waals surface area contributed by atoms with Gasteiger partial charge in [-0.2, -0.15) is 0 Å². The van der Waals surface area contributed by atoms with E-state index in [4.69, 9.17) is 11.6 Å².